The number of carbonyl (C=O) groups excluding carboxylic acids is 1. The van der Waals surface area contributed by atoms with Crippen LogP contribution in [0.4, 0.5) is 0 Å². The van der Waals surface area contributed by atoms with Crippen LogP contribution in [0.1, 0.15) is 30.3 Å². The number of hydrogen-bond acceptors (Lipinski definition) is 3. The Morgan fingerprint density at radius 1 is 1.60 bits per heavy atom. The summed E-state index contributed by atoms with van der Waals surface area (Å²) in [5.41, 5.74) is 0.330. The van der Waals surface area contributed by atoms with E-state index < -0.39 is 0 Å². The van der Waals surface area contributed by atoms with Gasteiger partial charge >= 0.3 is 0 Å². The van der Waals surface area contributed by atoms with Crippen molar-refractivity contribution in [2.24, 2.45) is 0 Å². The van der Waals surface area contributed by atoms with Gasteiger partial charge in [0, 0.05) is 12.6 Å². The highest BCUT2D eigenvalue weighted by atomic mass is 35.5. The zero-order chi connectivity index (χ0) is 10.8. The first-order valence-corrected chi connectivity index (χ1v) is 5.35. The van der Waals surface area contributed by atoms with Crippen molar-refractivity contribution in [3.05, 3.63) is 23.2 Å². The molecule has 1 atom stereocenters. The van der Waals surface area contributed by atoms with E-state index in [1.165, 1.54) is 12.4 Å². The SMILES string of the molecule is CC1CCCN1C(=O)c1cncc(Cl)n1. The average molecular weight is 226 g/mol. The van der Waals surface area contributed by atoms with Crippen molar-refractivity contribution in [3.8, 4) is 0 Å². The van der Waals surface area contributed by atoms with Crippen molar-refractivity contribution in [1.82, 2.24) is 14.9 Å². The first kappa shape index (κ1) is 10.4. The maximum Gasteiger partial charge on any atom is 0.274 e. The minimum atomic E-state index is -0.0741. The molecular weight excluding hydrogens is 214 g/mol. The number of nitrogens with zero attached hydrogens (tertiary/aromatic N) is 3. The Morgan fingerprint density at radius 3 is 3.00 bits per heavy atom. The van der Waals surface area contributed by atoms with Gasteiger partial charge in [0.25, 0.3) is 5.91 Å². The van der Waals surface area contributed by atoms with E-state index in [0.717, 1.165) is 19.4 Å². The minimum Gasteiger partial charge on any atom is -0.335 e. The monoisotopic (exact) mass is 225 g/mol. The summed E-state index contributed by atoms with van der Waals surface area (Å²) in [6, 6.07) is 0.290. The highest BCUT2D eigenvalue weighted by Gasteiger charge is 2.26. The number of aromatic nitrogens is 2. The molecule has 0 N–H and O–H groups in total. The molecule has 0 bridgehead atoms. The fraction of sp³-hybridized carbons (Fsp3) is 0.500. The first-order valence-electron chi connectivity index (χ1n) is 4.97. The largest absolute Gasteiger partial charge is 0.335 e. The summed E-state index contributed by atoms with van der Waals surface area (Å²) < 4.78 is 0. The van der Waals surface area contributed by atoms with Crippen LogP contribution in [0.3, 0.4) is 0 Å². The molecule has 1 aliphatic rings. The van der Waals surface area contributed by atoms with Crippen LogP contribution in [-0.2, 0) is 0 Å². The van der Waals surface area contributed by atoms with Gasteiger partial charge in [-0.15, -0.1) is 0 Å². The van der Waals surface area contributed by atoms with Crippen LogP contribution in [0.2, 0.25) is 5.15 Å². The molecule has 2 heterocycles. The van der Waals surface area contributed by atoms with Crippen LogP contribution in [0.5, 0.6) is 0 Å². The smallest absolute Gasteiger partial charge is 0.274 e. The molecule has 0 saturated carbocycles. The van der Waals surface area contributed by atoms with Gasteiger partial charge in [-0.25, -0.2) is 4.98 Å². The van der Waals surface area contributed by atoms with Crippen LogP contribution in [0, 0.1) is 0 Å². The topological polar surface area (TPSA) is 46.1 Å². The first-order chi connectivity index (χ1) is 7.18. The summed E-state index contributed by atoms with van der Waals surface area (Å²) in [7, 11) is 0. The summed E-state index contributed by atoms with van der Waals surface area (Å²) in [4.78, 5) is 21.6. The predicted molar refractivity (Wildman–Crippen MR) is 56.8 cm³/mol. The van der Waals surface area contributed by atoms with Crippen LogP contribution >= 0.6 is 11.6 Å². The van der Waals surface area contributed by atoms with Gasteiger partial charge < -0.3 is 4.90 Å². The van der Waals surface area contributed by atoms with E-state index in [4.69, 9.17) is 11.6 Å². The second-order valence-electron chi connectivity index (χ2n) is 3.72. The maximum absolute atomic E-state index is 12.0. The van der Waals surface area contributed by atoms with Crippen molar-refractivity contribution in [2.45, 2.75) is 25.8 Å². The fourth-order valence-electron chi connectivity index (χ4n) is 1.83. The zero-order valence-electron chi connectivity index (χ0n) is 8.48. The maximum atomic E-state index is 12.0. The molecule has 1 aliphatic heterocycles. The highest BCUT2D eigenvalue weighted by molar-refractivity contribution is 6.29. The van der Waals surface area contributed by atoms with Gasteiger partial charge in [0.1, 0.15) is 10.8 Å². The molecule has 1 unspecified atom stereocenters. The van der Waals surface area contributed by atoms with E-state index in [9.17, 15) is 4.79 Å². The van der Waals surface area contributed by atoms with Crippen molar-refractivity contribution in [2.75, 3.05) is 6.54 Å². The van der Waals surface area contributed by atoms with Crippen molar-refractivity contribution in [1.29, 1.82) is 0 Å². The third-order valence-corrected chi connectivity index (χ3v) is 2.82. The molecule has 1 amide bonds. The molecular formula is C10H12ClN3O. The molecule has 1 saturated heterocycles. The summed E-state index contributed by atoms with van der Waals surface area (Å²) in [5.74, 6) is -0.0741. The molecule has 0 aliphatic carbocycles. The standard InChI is InChI=1S/C10H12ClN3O/c1-7-3-2-4-14(7)10(15)8-5-12-6-9(11)13-8/h5-7H,2-4H2,1H3. The van der Waals surface area contributed by atoms with Crippen LogP contribution in [0.25, 0.3) is 0 Å². The van der Waals surface area contributed by atoms with Crippen molar-refractivity contribution in [3.63, 3.8) is 0 Å². The molecule has 0 radical (unpaired) electrons. The Morgan fingerprint density at radius 2 is 2.40 bits per heavy atom. The van der Waals surface area contributed by atoms with E-state index in [-0.39, 0.29) is 11.1 Å². The summed E-state index contributed by atoms with van der Waals surface area (Å²) in [5, 5.41) is 0.257. The van der Waals surface area contributed by atoms with Gasteiger partial charge in [-0.2, -0.15) is 0 Å². The lowest BCUT2D eigenvalue weighted by Gasteiger charge is -2.20. The molecule has 15 heavy (non-hydrogen) atoms. The zero-order valence-corrected chi connectivity index (χ0v) is 9.24. The lowest BCUT2D eigenvalue weighted by Crippen LogP contribution is -2.34. The third kappa shape index (κ3) is 2.09. The van der Waals surface area contributed by atoms with Gasteiger partial charge in [0.15, 0.2) is 0 Å². The average Bonchev–Trinajstić information content (AvgIpc) is 2.63. The lowest BCUT2D eigenvalue weighted by molar-refractivity contribution is 0.0741. The summed E-state index contributed by atoms with van der Waals surface area (Å²) in [6.07, 6.45) is 4.99. The molecule has 4 nitrogen and oxygen atoms in total. The molecule has 1 aromatic rings. The molecule has 0 aromatic carbocycles. The van der Waals surface area contributed by atoms with E-state index in [0.29, 0.717) is 11.7 Å². The fourth-order valence-corrected chi connectivity index (χ4v) is 1.97. The normalized spacial score (nSPS) is 20.7. The lowest BCUT2D eigenvalue weighted by atomic mass is 10.2. The van der Waals surface area contributed by atoms with Gasteiger partial charge in [0.05, 0.1) is 12.4 Å². The highest BCUT2D eigenvalue weighted by Crippen LogP contribution is 2.18. The minimum absolute atomic E-state index is 0.0741. The number of carbonyl (C=O) groups is 1. The van der Waals surface area contributed by atoms with Crippen molar-refractivity contribution < 1.29 is 4.79 Å². The molecule has 2 rings (SSSR count). The number of halogens is 1. The predicted octanol–water partition coefficient (Wildman–Crippen LogP) is 1.75. The molecule has 1 fully saturated rings. The van der Waals surface area contributed by atoms with E-state index >= 15 is 0 Å². The van der Waals surface area contributed by atoms with Crippen molar-refractivity contribution >= 4 is 17.5 Å². The van der Waals surface area contributed by atoms with Gasteiger partial charge in [-0.1, -0.05) is 11.6 Å². The summed E-state index contributed by atoms with van der Waals surface area (Å²) >= 11 is 5.69. The van der Waals surface area contributed by atoms with Gasteiger partial charge in [0.2, 0.25) is 0 Å². The van der Waals surface area contributed by atoms with Gasteiger partial charge in [-0.05, 0) is 19.8 Å². The number of likely N-dealkylation sites (tertiary alicyclic amines) is 1. The van der Waals surface area contributed by atoms with E-state index in [2.05, 4.69) is 9.97 Å². The Kier molecular flexibility index (Phi) is 2.86. The quantitative estimate of drug-likeness (QED) is 0.732. The number of hydrogen-bond donors (Lipinski definition) is 0. The molecule has 0 spiro atoms. The van der Waals surface area contributed by atoms with Crippen LogP contribution in [0.15, 0.2) is 12.4 Å². The second-order valence-corrected chi connectivity index (χ2v) is 4.10. The number of rotatable bonds is 1. The van der Waals surface area contributed by atoms with E-state index in [1.807, 2.05) is 11.8 Å². The molecule has 1 aromatic heterocycles. The third-order valence-electron chi connectivity index (χ3n) is 2.64. The van der Waals surface area contributed by atoms with Crippen LogP contribution in [-0.4, -0.2) is 33.4 Å². The number of amides is 1. The van der Waals surface area contributed by atoms with Gasteiger partial charge in [-0.3, -0.25) is 9.78 Å². The Bertz CT molecular complexity index is 383. The van der Waals surface area contributed by atoms with Crippen LogP contribution < -0.4 is 0 Å². The van der Waals surface area contributed by atoms with E-state index in [1.54, 1.807) is 0 Å². The molecule has 5 heteroatoms. The Balaban J connectivity index is 2.20. The second kappa shape index (κ2) is 4.14. The Labute approximate surface area is 93.3 Å². The molecule has 80 valence electrons. The Hall–Kier alpha value is -1.16. The summed E-state index contributed by atoms with van der Waals surface area (Å²) in [6.45, 7) is 2.84.